The molecule has 1 nitrogen and oxygen atoms in total. The highest BCUT2D eigenvalue weighted by atomic mass is 35.7. The highest BCUT2D eigenvalue weighted by molar-refractivity contribution is 8.51. The van der Waals surface area contributed by atoms with E-state index in [1.165, 1.54) is 14.7 Å². The molecule has 0 spiro atoms. The fourth-order valence-corrected chi connectivity index (χ4v) is 5.57. The van der Waals surface area contributed by atoms with Gasteiger partial charge in [-0.25, -0.2) is 0 Å². The molecular formula is C18H17ClOS. The lowest BCUT2D eigenvalue weighted by molar-refractivity contribution is 0.824. The molecule has 0 unspecified atom stereocenters. The second kappa shape index (κ2) is 6.81. The quantitative estimate of drug-likeness (QED) is 0.628. The molecule has 0 aliphatic heterocycles. The third-order valence-corrected chi connectivity index (χ3v) is 7.57. The van der Waals surface area contributed by atoms with Gasteiger partial charge in [-0.15, -0.1) is 0 Å². The van der Waals surface area contributed by atoms with Crippen molar-refractivity contribution in [2.45, 2.75) is 14.7 Å². The van der Waals surface area contributed by atoms with Crippen LogP contribution >= 0.6 is 19.9 Å². The summed E-state index contributed by atoms with van der Waals surface area (Å²) in [5.74, 6) is 0. The molecule has 0 radical (unpaired) electrons. The molecule has 0 aliphatic rings. The van der Waals surface area contributed by atoms with Gasteiger partial charge in [0.15, 0.2) is 0 Å². The van der Waals surface area contributed by atoms with Gasteiger partial charge in [0, 0.05) is 14.7 Å². The normalized spacial score (nSPS) is 11.5. The third kappa shape index (κ3) is 2.98. The number of halogens is 1. The van der Waals surface area contributed by atoms with Gasteiger partial charge in [0.25, 0.3) is 0 Å². The minimum absolute atomic E-state index is 0. The van der Waals surface area contributed by atoms with E-state index in [0.29, 0.717) is 0 Å². The number of rotatable bonds is 3. The van der Waals surface area contributed by atoms with E-state index in [1.54, 1.807) is 0 Å². The van der Waals surface area contributed by atoms with Crippen LogP contribution in [-0.2, 0) is 0 Å². The highest BCUT2D eigenvalue weighted by Crippen LogP contribution is 2.71. The molecule has 0 amide bonds. The zero-order valence-corrected chi connectivity index (χ0v) is 13.0. The maximum absolute atomic E-state index is 7.20. The molecule has 0 bridgehead atoms. The Balaban J connectivity index is 0.00000161. The monoisotopic (exact) mass is 316 g/mol. The van der Waals surface area contributed by atoms with Crippen molar-refractivity contribution in [3.8, 4) is 0 Å². The average Bonchev–Trinajstić information content (AvgIpc) is 2.56. The zero-order chi connectivity index (χ0) is 13.8. The van der Waals surface area contributed by atoms with Crippen LogP contribution in [0.1, 0.15) is 0 Å². The van der Waals surface area contributed by atoms with E-state index >= 15 is 0 Å². The Labute approximate surface area is 131 Å². The van der Waals surface area contributed by atoms with Crippen LogP contribution in [0, 0.1) is 0 Å². The summed E-state index contributed by atoms with van der Waals surface area (Å²) in [6.45, 7) is 0. The van der Waals surface area contributed by atoms with Gasteiger partial charge in [-0.2, -0.15) is 0 Å². The molecule has 3 aromatic rings. The fraction of sp³-hybridized carbons (Fsp3) is 0. The van der Waals surface area contributed by atoms with Crippen molar-refractivity contribution in [2.75, 3.05) is 0 Å². The maximum atomic E-state index is 7.20. The summed E-state index contributed by atoms with van der Waals surface area (Å²) in [6.07, 6.45) is 0. The third-order valence-electron chi connectivity index (χ3n) is 3.20. The molecule has 108 valence electrons. The minimum Gasteiger partial charge on any atom is -0.412 e. The van der Waals surface area contributed by atoms with Crippen LogP contribution in [0.4, 0.5) is 0 Å². The lowest BCUT2D eigenvalue weighted by Gasteiger charge is -2.34. The lowest BCUT2D eigenvalue weighted by Crippen LogP contribution is -1.96. The van der Waals surface area contributed by atoms with Gasteiger partial charge >= 0.3 is 0 Å². The van der Waals surface area contributed by atoms with Gasteiger partial charge in [0.1, 0.15) is 0 Å². The Hall–Kier alpha value is -1.74. The van der Waals surface area contributed by atoms with E-state index in [-0.39, 0.29) is 5.48 Å². The van der Waals surface area contributed by atoms with Crippen molar-refractivity contribution in [3.05, 3.63) is 91.0 Å². The Morgan fingerprint density at radius 1 is 0.476 bits per heavy atom. The Morgan fingerprint density at radius 3 is 0.952 bits per heavy atom. The van der Waals surface area contributed by atoms with E-state index in [9.17, 15) is 0 Å². The number of benzene rings is 3. The minimum atomic E-state index is -1.70. The molecule has 0 aromatic heterocycles. The molecule has 3 heteroatoms. The first-order valence-electron chi connectivity index (χ1n) is 6.50. The van der Waals surface area contributed by atoms with Crippen molar-refractivity contribution in [1.82, 2.24) is 0 Å². The molecule has 0 fully saturated rings. The lowest BCUT2D eigenvalue weighted by atomic mass is 10.4. The van der Waals surface area contributed by atoms with E-state index in [2.05, 4.69) is 36.4 Å². The highest BCUT2D eigenvalue weighted by Gasteiger charge is 2.28. The molecule has 0 atom stereocenters. The van der Waals surface area contributed by atoms with Crippen LogP contribution in [0.25, 0.3) is 0 Å². The first-order chi connectivity index (χ1) is 9.82. The topological polar surface area (TPSA) is 31.5 Å². The summed E-state index contributed by atoms with van der Waals surface area (Å²) in [7, 11) is 5.50. The van der Waals surface area contributed by atoms with Crippen LogP contribution in [0.2, 0.25) is 0 Å². The average molecular weight is 317 g/mol. The number of hydrogen-bond acceptors (Lipinski definition) is 0. The predicted octanol–water partition coefficient (Wildman–Crippen LogP) is 5.30. The first-order valence-corrected chi connectivity index (χ1v) is 8.96. The van der Waals surface area contributed by atoms with Gasteiger partial charge in [-0.3, -0.25) is 0 Å². The maximum Gasteiger partial charge on any atom is 0.0116 e. The SMILES string of the molecule is ClS(c1ccccc1)(c1ccccc1)c1ccccc1.O. The molecule has 2 N–H and O–H groups in total. The van der Waals surface area contributed by atoms with Crippen LogP contribution in [0.15, 0.2) is 106 Å². The predicted molar refractivity (Wildman–Crippen MR) is 91.2 cm³/mol. The summed E-state index contributed by atoms with van der Waals surface area (Å²) in [4.78, 5) is 3.50. The van der Waals surface area contributed by atoms with Crippen molar-refractivity contribution in [1.29, 1.82) is 0 Å². The van der Waals surface area contributed by atoms with Gasteiger partial charge in [-0.1, -0.05) is 74.5 Å². The van der Waals surface area contributed by atoms with Crippen molar-refractivity contribution >= 4 is 19.9 Å². The molecule has 0 aliphatic carbocycles. The van der Waals surface area contributed by atoms with Crippen molar-refractivity contribution < 1.29 is 5.48 Å². The summed E-state index contributed by atoms with van der Waals surface area (Å²) in [5, 5.41) is 0. The van der Waals surface area contributed by atoms with Crippen LogP contribution < -0.4 is 0 Å². The Bertz CT molecular complexity index is 575. The molecule has 21 heavy (non-hydrogen) atoms. The van der Waals surface area contributed by atoms with Gasteiger partial charge in [-0.05, 0) is 36.4 Å². The number of hydrogen-bond donors (Lipinski definition) is 0. The first kappa shape index (κ1) is 15.6. The second-order valence-corrected chi connectivity index (χ2v) is 8.36. The van der Waals surface area contributed by atoms with Crippen LogP contribution in [0.3, 0.4) is 0 Å². The molecular weight excluding hydrogens is 300 g/mol. The van der Waals surface area contributed by atoms with E-state index in [0.717, 1.165) is 0 Å². The van der Waals surface area contributed by atoms with Crippen LogP contribution in [0.5, 0.6) is 0 Å². The van der Waals surface area contributed by atoms with Crippen molar-refractivity contribution in [2.24, 2.45) is 0 Å². The van der Waals surface area contributed by atoms with Gasteiger partial charge in [0.05, 0.1) is 0 Å². The van der Waals surface area contributed by atoms with Crippen LogP contribution in [-0.4, -0.2) is 5.48 Å². The Kier molecular flexibility index (Phi) is 5.07. The molecule has 0 saturated carbocycles. The molecule has 0 saturated heterocycles. The van der Waals surface area contributed by atoms with Gasteiger partial charge < -0.3 is 5.48 Å². The summed E-state index contributed by atoms with van der Waals surface area (Å²) in [5.41, 5.74) is 0. The van der Waals surface area contributed by atoms with E-state index in [4.69, 9.17) is 10.7 Å². The molecule has 3 rings (SSSR count). The van der Waals surface area contributed by atoms with Crippen molar-refractivity contribution in [3.63, 3.8) is 0 Å². The largest absolute Gasteiger partial charge is 0.412 e. The Morgan fingerprint density at radius 2 is 0.714 bits per heavy atom. The second-order valence-electron chi connectivity index (χ2n) is 4.48. The van der Waals surface area contributed by atoms with E-state index in [1.807, 2.05) is 54.6 Å². The molecule has 3 aromatic carbocycles. The van der Waals surface area contributed by atoms with Gasteiger partial charge in [0.2, 0.25) is 0 Å². The summed E-state index contributed by atoms with van der Waals surface area (Å²) >= 11 is 0. The summed E-state index contributed by atoms with van der Waals surface area (Å²) < 4.78 is 0. The standard InChI is InChI=1S/C18H15ClS.H2O/c19-20(16-10-4-1-5-11-16,17-12-6-2-7-13-17)18-14-8-3-9-15-18;/h1-15H;1H2. The van der Waals surface area contributed by atoms with E-state index < -0.39 is 9.24 Å². The zero-order valence-electron chi connectivity index (χ0n) is 11.4. The smallest absolute Gasteiger partial charge is 0.0116 e. The summed E-state index contributed by atoms with van der Waals surface area (Å²) in [6, 6.07) is 31.0. The molecule has 0 heterocycles. The fourth-order valence-electron chi connectivity index (χ4n) is 2.23.